The van der Waals surface area contributed by atoms with Gasteiger partial charge in [-0.2, -0.15) is 0 Å². The lowest BCUT2D eigenvalue weighted by atomic mass is 9.98. The summed E-state index contributed by atoms with van der Waals surface area (Å²) in [4.78, 5) is 15.6. The largest absolute Gasteiger partial charge is 0.345 e. The van der Waals surface area contributed by atoms with Crippen LogP contribution in [0.25, 0.3) is 0 Å². The van der Waals surface area contributed by atoms with Crippen molar-refractivity contribution in [1.82, 2.24) is 9.80 Å². The molecule has 1 aliphatic rings. The monoisotopic (exact) mass is 260 g/mol. The van der Waals surface area contributed by atoms with Crippen LogP contribution >= 0.6 is 0 Å². The number of rotatable bonds is 3. The van der Waals surface area contributed by atoms with Gasteiger partial charge in [0, 0.05) is 12.6 Å². The molecule has 1 aliphatic heterocycles. The van der Waals surface area contributed by atoms with Crippen LogP contribution in [0.4, 0.5) is 9.18 Å². The van der Waals surface area contributed by atoms with Crippen LogP contribution in [-0.2, 0) is 6.54 Å². The minimum Gasteiger partial charge on any atom is -0.345 e. The number of piperidine rings is 1. The molecule has 0 saturated carbocycles. The summed E-state index contributed by atoms with van der Waals surface area (Å²) in [5, 5.41) is 0. The maximum Gasteiger partial charge on any atom is 0.200 e. The second kappa shape index (κ2) is 6.19. The highest BCUT2D eigenvalue weighted by molar-refractivity contribution is 6.56. The van der Waals surface area contributed by atoms with Gasteiger partial charge in [-0.1, -0.05) is 12.1 Å². The molecule has 0 unspecified atom stereocenters. The molecule has 2 rings (SSSR count). The predicted octanol–water partition coefficient (Wildman–Crippen LogP) is 2.01. The first-order valence-electron chi connectivity index (χ1n) is 6.55. The zero-order chi connectivity index (χ0) is 13.8. The Morgan fingerprint density at radius 1 is 1.37 bits per heavy atom. The number of carbonyl (C=O) groups is 1. The number of amides is 1. The van der Waals surface area contributed by atoms with Crippen LogP contribution in [-0.4, -0.2) is 49.6 Å². The number of carbonyl (C=O) groups excluding carboxylic acids is 1. The van der Waals surface area contributed by atoms with Gasteiger partial charge >= 0.3 is 0 Å². The summed E-state index contributed by atoms with van der Waals surface area (Å²) in [6.45, 7) is 2.39. The third-order valence-electron chi connectivity index (χ3n) is 3.68. The van der Waals surface area contributed by atoms with Crippen molar-refractivity contribution in [3.63, 3.8) is 0 Å². The summed E-state index contributed by atoms with van der Waals surface area (Å²) in [6, 6.07) is 6.38. The average Bonchev–Trinajstić information content (AvgIpc) is 2.39. The van der Waals surface area contributed by atoms with Crippen LogP contribution in [0, 0.1) is 5.82 Å². The van der Waals surface area contributed by atoms with Gasteiger partial charge in [-0.25, -0.2) is 4.39 Å². The Morgan fingerprint density at radius 3 is 2.47 bits per heavy atom. The van der Waals surface area contributed by atoms with Gasteiger partial charge in [0.05, 0.1) is 0 Å². The molecule has 0 aromatic heterocycles. The van der Waals surface area contributed by atoms with E-state index in [1.54, 1.807) is 17.0 Å². The molecule has 3 nitrogen and oxygen atoms in total. The number of likely N-dealkylation sites (tertiary alicyclic amines) is 1. The van der Waals surface area contributed by atoms with E-state index in [0.717, 1.165) is 31.5 Å². The average molecular weight is 260 g/mol. The Balaban J connectivity index is 2.04. The summed E-state index contributed by atoms with van der Waals surface area (Å²) in [7, 11) is 7.55. The van der Waals surface area contributed by atoms with Crippen molar-refractivity contribution in [2.75, 3.05) is 20.1 Å². The molecule has 0 spiro atoms. The van der Waals surface area contributed by atoms with Gasteiger partial charge in [0.1, 0.15) is 5.82 Å². The number of nitrogens with zero attached hydrogens (tertiary/aromatic N) is 2. The third-order valence-corrected chi connectivity index (χ3v) is 3.68. The van der Waals surface area contributed by atoms with E-state index in [1.165, 1.54) is 12.1 Å². The molecular formula is C14H18BFN2O. The first-order valence-corrected chi connectivity index (χ1v) is 6.55. The molecule has 2 radical (unpaired) electrons. The van der Waals surface area contributed by atoms with E-state index in [9.17, 15) is 9.18 Å². The van der Waals surface area contributed by atoms with E-state index in [-0.39, 0.29) is 11.9 Å². The number of hydrogen-bond acceptors (Lipinski definition) is 2. The van der Waals surface area contributed by atoms with Crippen molar-refractivity contribution in [1.29, 1.82) is 0 Å². The highest BCUT2D eigenvalue weighted by Gasteiger charge is 2.24. The molecule has 19 heavy (non-hydrogen) atoms. The standard InChI is InChI=1S/C14H18BFN2O/c1-17-8-6-13(7-9-17)18(14(15)19)10-11-2-4-12(16)5-3-11/h2-5,13H,6-10H2,1H3. The first kappa shape index (κ1) is 14.1. The first-order chi connectivity index (χ1) is 9.06. The van der Waals surface area contributed by atoms with Crippen molar-refractivity contribution < 1.29 is 9.18 Å². The number of benzene rings is 1. The maximum atomic E-state index is 12.9. The summed E-state index contributed by atoms with van der Waals surface area (Å²) in [6.07, 6.45) is 1.86. The van der Waals surface area contributed by atoms with Gasteiger partial charge in [-0.15, -0.1) is 0 Å². The molecule has 0 atom stereocenters. The SMILES string of the molecule is [B]C(=O)N(Cc1ccc(F)cc1)C1CCN(C)CC1. The summed E-state index contributed by atoms with van der Waals surface area (Å²) >= 11 is 0. The van der Waals surface area contributed by atoms with Crippen molar-refractivity contribution >= 4 is 13.7 Å². The zero-order valence-corrected chi connectivity index (χ0v) is 11.2. The number of halogens is 1. The quantitative estimate of drug-likeness (QED) is 0.776. The van der Waals surface area contributed by atoms with Gasteiger partial charge in [-0.3, -0.25) is 4.79 Å². The maximum absolute atomic E-state index is 12.9. The lowest BCUT2D eigenvalue weighted by Gasteiger charge is -2.37. The zero-order valence-electron chi connectivity index (χ0n) is 11.2. The van der Waals surface area contributed by atoms with E-state index < -0.39 is 5.81 Å². The Bertz CT molecular complexity index is 430. The topological polar surface area (TPSA) is 23.6 Å². The van der Waals surface area contributed by atoms with Gasteiger partial charge in [0.15, 0.2) is 5.81 Å². The van der Waals surface area contributed by atoms with Crippen LogP contribution in [0.15, 0.2) is 24.3 Å². The fourth-order valence-corrected chi connectivity index (χ4v) is 2.48. The van der Waals surface area contributed by atoms with Gasteiger partial charge in [0.2, 0.25) is 7.85 Å². The normalized spacial score (nSPS) is 17.4. The van der Waals surface area contributed by atoms with Crippen LogP contribution in [0.3, 0.4) is 0 Å². The van der Waals surface area contributed by atoms with Gasteiger partial charge in [0.25, 0.3) is 0 Å². The molecule has 1 aromatic rings. The Labute approximate surface area is 114 Å². The smallest absolute Gasteiger partial charge is 0.200 e. The fraction of sp³-hybridized carbons (Fsp3) is 0.500. The van der Waals surface area contributed by atoms with E-state index in [4.69, 9.17) is 7.85 Å². The molecule has 0 aliphatic carbocycles. The summed E-state index contributed by atoms with van der Waals surface area (Å²) < 4.78 is 12.9. The Hall–Kier alpha value is -1.36. The molecule has 1 fully saturated rings. The Kier molecular flexibility index (Phi) is 4.58. The van der Waals surface area contributed by atoms with E-state index in [0.29, 0.717) is 6.54 Å². The van der Waals surface area contributed by atoms with Gasteiger partial charge in [-0.05, 0) is 50.7 Å². The lowest BCUT2D eigenvalue weighted by molar-refractivity contribution is 0.141. The highest BCUT2D eigenvalue weighted by atomic mass is 19.1. The molecule has 1 saturated heterocycles. The van der Waals surface area contributed by atoms with Crippen LogP contribution < -0.4 is 0 Å². The molecule has 1 amide bonds. The minimum atomic E-state index is -0.404. The lowest BCUT2D eigenvalue weighted by Crippen LogP contribution is -2.45. The molecule has 100 valence electrons. The highest BCUT2D eigenvalue weighted by Crippen LogP contribution is 2.18. The van der Waals surface area contributed by atoms with E-state index in [2.05, 4.69) is 11.9 Å². The third kappa shape index (κ3) is 3.80. The van der Waals surface area contributed by atoms with Crippen LogP contribution in [0.5, 0.6) is 0 Å². The molecule has 0 N–H and O–H groups in total. The molecule has 0 bridgehead atoms. The van der Waals surface area contributed by atoms with E-state index >= 15 is 0 Å². The van der Waals surface area contributed by atoms with Crippen molar-refractivity contribution in [3.8, 4) is 0 Å². The van der Waals surface area contributed by atoms with Gasteiger partial charge < -0.3 is 9.80 Å². The molecule has 1 heterocycles. The molecular weight excluding hydrogens is 242 g/mol. The second-order valence-electron chi connectivity index (χ2n) is 5.13. The predicted molar refractivity (Wildman–Crippen MR) is 73.6 cm³/mol. The molecule has 1 aromatic carbocycles. The summed E-state index contributed by atoms with van der Waals surface area (Å²) in [5.74, 6) is -0.674. The van der Waals surface area contributed by atoms with Crippen molar-refractivity contribution in [3.05, 3.63) is 35.6 Å². The van der Waals surface area contributed by atoms with E-state index in [1.807, 2.05) is 0 Å². The summed E-state index contributed by atoms with van der Waals surface area (Å²) in [5.41, 5.74) is 0.902. The minimum absolute atomic E-state index is 0.179. The molecule has 5 heteroatoms. The van der Waals surface area contributed by atoms with Crippen LogP contribution in [0.2, 0.25) is 0 Å². The van der Waals surface area contributed by atoms with Crippen molar-refractivity contribution in [2.24, 2.45) is 0 Å². The van der Waals surface area contributed by atoms with Crippen LogP contribution in [0.1, 0.15) is 18.4 Å². The second-order valence-corrected chi connectivity index (χ2v) is 5.13. The van der Waals surface area contributed by atoms with Crippen molar-refractivity contribution in [2.45, 2.75) is 25.4 Å². The number of hydrogen-bond donors (Lipinski definition) is 0. The fourth-order valence-electron chi connectivity index (χ4n) is 2.48. The Morgan fingerprint density at radius 2 is 1.95 bits per heavy atom.